The molecule has 0 radical (unpaired) electrons. The Kier molecular flexibility index (Phi) is 3.79. The van der Waals surface area contributed by atoms with Crippen molar-refractivity contribution in [1.29, 1.82) is 0 Å². The molecule has 1 aliphatic rings. The summed E-state index contributed by atoms with van der Waals surface area (Å²) in [6.45, 7) is 0. The van der Waals surface area contributed by atoms with E-state index in [1.54, 1.807) is 12.4 Å². The maximum Gasteiger partial charge on any atom is 0.150 e. The molecule has 4 nitrogen and oxygen atoms in total. The molecule has 1 N–H and O–H groups in total. The normalized spacial score (nSPS) is 24.6. The topological polar surface area (TPSA) is 67.3 Å². The second-order valence-electron chi connectivity index (χ2n) is 4.72. The van der Waals surface area contributed by atoms with Crippen LogP contribution in [0.15, 0.2) is 24.5 Å². The standard InChI is InChI=1S/C12H17NO3S/c14-12(6-10-2-1-4-13-8-10)7-11-3-5-17(15,16)9-11/h1-2,4,8,11-12,14H,3,5-7,9H2. The molecule has 0 amide bonds. The van der Waals surface area contributed by atoms with Crippen LogP contribution >= 0.6 is 0 Å². The Morgan fingerprint density at radius 1 is 1.53 bits per heavy atom. The smallest absolute Gasteiger partial charge is 0.150 e. The molecule has 5 heteroatoms. The van der Waals surface area contributed by atoms with Crippen LogP contribution in [0.5, 0.6) is 0 Å². The highest BCUT2D eigenvalue weighted by atomic mass is 32.2. The molecule has 2 heterocycles. The Morgan fingerprint density at radius 3 is 2.94 bits per heavy atom. The Balaban J connectivity index is 1.84. The number of aliphatic hydroxyl groups is 1. The highest BCUT2D eigenvalue weighted by Crippen LogP contribution is 2.23. The summed E-state index contributed by atoms with van der Waals surface area (Å²) >= 11 is 0. The zero-order valence-electron chi connectivity index (χ0n) is 9.62. The van der Waals surface area contributed by atoms with Crippen LogP contribution < -0.4 is 0 Å². The molecule has 17 heavy (non-hydrogen) atoms. The number of aliphatic hydroxyl groups excluding tert-OH is 1. The largest absolute Gasteiger partial charge is 0.393 e. The van der Waals surface area contributed by atoms with Gasteiger partial charge in [-0.2, -0.15) is 0 Å². The van der Waals surface area contributed by atoms with Crippen LogP contribution in [-0.4, -0.2) is 36.1 Å². The molecule has 2 rings (SSSR count). The summed E-state index contributed by atoms with van der Waals surface area (Å²) in [5.74, 6) is 0.626. The summed E-state index contributed by atoms with van der Waals surface area (Å²) in [6, 6.07) is 3.75. The first-order chi connectivity index (χ1) is 8.05. The molecule has 1 saturated heterocycles. The van der Waals surface area contributed by atoms with Crippen LogP contribution in [0, 0.1) is 5.92 Å². The van der Waals surface area contributed by atoms with Crippen LogP contribution in [0.4, 0.5) is 0 Å². The van der Waals surface area contributed by atoms with Gasteiger partial charge in [-0.1, -0.05) is 6.07 Å². The summed E-state index contributed by atoms with van der Waals surface area (Å²) in [7, 11) is -2.84. The van der Waals surface area contributed by atoms with E-state index in [0.29, 0.717) is 19.3 Å². The molecule has 0 aromatic carbocycles. The second-order valence-corrected chi connectivity index (χ2v) is 6.95. The fourth-order valence-electron chi connectivity index (χ4n) is 2.32. The van der Waals surface area contributed by atoms with Gasteiger partial charge in [0.25, 0.3) is 0 Å². The average molecular weight is 255 g/mol. The third kappa shape index (κ3) is 3.78. The molecule has 1 aromatic heterocycles. The lowest BCUT2D eigenvalue weighted by Gasteiger charge is -2.14. The van der Waals surface area contributed by atoms with E-state index >= 15 is 0 Å². The maximum absolute atomic E-state index is 11.3. The predicted molar refractivity (Wildman–Crippen MR) is 65.3 cm³/mol. The van der Waals surface area contributed by atoms with E-state index in [4.69, 9.17) is 0 Å². The van der Waals surface area contributed by atoms with Gasteiger partial charge in [0.05, 0.1) is 17.6 Å². The van der Waals surface area contributed by atoms with Crippen molar-refractivity contribution in [2.75, 3.05) is 11.5 Å². The Bertz CT molecular complexity index is 458. The Hall–Kier alpha value is -0.940. The van der Waals surface area contributed by atoms with Gasteiger partial charge in [0.1, 0.15) is 0 Å². The van der Waals surface area contributed by atoms with Gasteiger partial charge < -0.3 is 5.11 Å². The van der Waals surface area contributed by atoms with Crippen molar-refractivity contribution in [3.05, 3.63) is 30.1 Å². The summed E-state index contributed by atoms with van der Waals surface area (Å²) in [5.41, 5.74) is 0.987. The highest BCUT2D eigenvalue weighted by molar-refractivity contribution is 7.91. The fourth-order valence-corrected chi connectivity index (χ4v) is 4.20. The summed E-state index contributed by atoms with van der Waals surface area (Å²) in [6.07, 6.45) is 4.75. The first-order valence-corrected chi connectivity index (χ1v) is 7.65. The number of rotatable bonds is 4. The highest BCUT2D eigenvalue weighted by Gasteiger charge is 2.29. The summed E-state index contributed by atoms with van der Waals surface area (Å²) in [4.78, 5) is 3.99. The molecule has 0 aliphatic carbocycles. The Labute approximate surface area is 102 Å². The van der Waals surface area contributed by atoms with Crippen LogP contribution in [0.25, 0.3) is 0 Å². The third-order valence-electron chi connectivity index (χ3n) is 3.13. The lowest BCUT2D eigenvalue weighted by atomic mass is 9.97. The minimum Gasteiger partial charge on any atom is -0.393 e. The van der Waals surface area contributed by atoms with Gasteiger partial charge in [-0.05, 0) is 36.8 Å². The molecule has 1 fully saturated rings. The number of sulfone groups is 1. The number of aromatic nitrogens is 1. The summed E-state index contributed by atoms with van der Waals surface area (Å²) < 4.78 is 22.6. The molecular formula is C12H17NO3S. The zero-order chi connectivity index (χ0) is 12.3. The van der Waals surface area contributed by atoms with Crippen molar-refractivity contribution in [3.8, 4) is 0 Å². The minimum atomic E-state index is -2.84. The van der Waals surface area contributed by atoms with Crippen molar-refractivity contribution in [2.24, 2.45) is 5.92 Å². The van der Waals surface area contributed by atoms with E-state index < -0.39 is 15.9 Å². The molecule has 0 saturated carbocycles. The molecular weight excluding hydrogens is 238 g/mol. The third-order valence-corrected chi connectivity index (χ3v) is 4.96. The van der Waals surface area contributed by atoms with Crippen molar-refractivity contribution in [2.45, 2.75) is 25.4 Å². The second kappa shape index (κ2) is 5.14. The first-order valence-electron chi connectivity index (χ1n) is 5.82. The number of pyridine rings is 1. The van der Waals surface area contributed by atoms with Gasteiger partial charge in [-0.25, -0.2) is 8.42 Å². The quantitative estimate of drug-likeness (QED) is 0.864. The molecule has 1 aromatic rings. The van der Waals surface area contributed by atoms with Crippen molar-refractivity contribution < 1.29 is 13.5 Å². The van der Waals surface area contributed by atoms with Gasteiger partial charge in [0, 0.05) is 12.4 Å². The van der Waals surface area contributed by atoms with E-state index in [9.17, 15) is 13.5 Å². The summed E-state index contributed by atoms with van der Waals surface area (Å²) in [5, 5.41) is 9.91. The number of nitrogens with zero attached hydrogens (tertiary/aromatic N) is 1. The van der Waals surface area contributed by atoms with E-state index in [-0.39, 0.29) is 17.4 Å². The van der Waals surface area contributed by atoms with Crippen molar-refractivity contribution >= 4 is 9.84 Å². The van der Waals surface area contributed by atoms with Gasteiger partial charge >= 0.3 is 0 Å². The van der Waals surface area contributed by atoms with E-state index in [1.807, 2.05) is 12.1 Å². The van der Waals surface area contributed by atoms with Gasteiger partial charge in [-0.15, -0.1) is 0 Å². The number of hydrogen-bond acceptors (Lipinski definition) is 4. The molecule has 2 atom stereocenters. The van der Waals surface area contributed by atoms with E-state index in [2.05, 4.69) is 4.98 Å². The molecule has 1 aliphatic heterocycles. The SMILES string of the molecule is O=S1(=O)CCC(CC(O)Cc2cccnc2)C1. The fraction of sp³-hybridized carbons (Fsp3) is 0.583. The molecule has 94 valence electrons. The van der Waals surface area contributed by atoms with Crippen LogP contribution in [0.2, 0.25) is 0 Å². The predicted octanol–water partition coefficient (Wildman–Crippen LogP) is 0.810. The van der Waals surface area contributed by atoms with Crippen molar-refractivity contribution in [3.63, 3.8) is 0 Å². The molecule has 0 spiro atoms. The lowest BCUT2D eigenvalue weighted by molar-refractivity contribution is 0.147. The van der Waals surface area contributed by atoms with Gasteiger partial charge in [0.15, 0.2) is 9.84 Å². The van der Waals surface area contributed by atoms with Crippen molar-refractivity contribution in [1.82, 2.24) is 4.98 Å². The zero-order valence-corrected chi connectivity index (χ0v) is 10.4. The molecule has 2 unspecified atom stereocenters. The van der Waals surface area contributed by atoms with Gasteiger partial charge in [0.2, 0.25) is 0 Å². The monoisotopic (exact) mass is 255 g/mol. The minimum absolute atomic E-state index is 0.117. The first kappa shape index (κ1) is 12.5. The number of hydrogen-bond donors (Lipinski definition) is 1. The lowest BCUT2D eigenvalue weighted by Crippen LogP contribution is -2.17. The van der Waals surface area contributed by atoms with Gasteiger partial charge in [-0.3, -0.25) is 4.98 Å². The van der Waals surface area contributed by atoms with Crippen LogP contribution in [0.1, 0.15) is 18.4 Å². The van der Waals surface area contributed by atoms with Crippen LogP contribution in [0.3, 0.4) is 0 Å². The molecule has 0 bridgehead atoms. The Morgan fingerprint density at radius 2 is 2.35 bits per heavy atom. The van der Waals surface area contributed by atoms with Crippen LogP contribution in [-0.2, 0) is 16.3 Å². The maximum atomic E-state index is 11.3. The average Bonchev–Trinajstić information content (AvgIpc) is 2.59. The van der Waals surface area contributed by atoms with E-state index in [0.717, 1.165) is 5.56 Å². The van der Waals surface area contributed by atoms with E-state index in [1.165, 1.54) is 0 Å².